The third kappa shape index (κ3) is 5.64. The van der Waals surface area contributed by atoms with Crippen LogP contribution in [0.25, 0.3) is 0 Å². The van der Waals surface area contributed by atoms with E-state index in [-0.39, 0.29) is 4.75 Å². The van der Waals surface area contributed by atoms with E-state index in [0.717, 1.165) is 18.1 Å². The third-order valence-electron chi connectivity index (χ3n) is 2.35. The van der Waals surface area contributed by atoms with Crippen LogP contribution in [0, 0.1) is 5.92 Å². The second-order valence-electron chi connectivity index (χ2n) is 5.96. The quantitative estimate of drug-likeness (QED) is 0.766. The van der Waals surface area contributed by atoms with Gasteiger partial charge < -0.3 is 5.32 Å². The van der Waals surface area contributed by atoms with Gasteiger partial charge in [0.1, 0.15) is 0 Å². The van der Waals surface area contributed by atoms with E-state index < -0.39 is 0 Å². The molecule has 18 heavy (non-hydrogen) atoms. The van der Waals surface area contributed by atoms with Crippen molar-refractivity contribution in [2.24, 2.45) is 5.92 Å². The van der Waals surface area contributed by atoms with Crippen molar-refractivity contribution in [3.8, 4) is 0 Å². The molecular formula is C15H24ClNS. The largest absolute Gasteiger partial charge is 0.312 e. The number of halogens is 1. The van der Waals surface area contributed by atoms with Gasteiger partial charge in [-0.05, 0) is 30.2 Å². The molecule has 0 aromatic heterocycles. The van der Waals surface area contributed by atoms with Crippen LogP contribution in [0.4, 0.5) is 0 Å². The molecule has 1 aromatic carbocycles. The van der Waals surface area contributed by atoms with Gasteiger partial charge in [-0.3, -0.25) is 0 Å². The Morgan fingerprint density at radius 2 is 1.94 bits per heavy atom. The van der Waals surface area contributed by atoms with Gasteiger partial charge in [-0.25, -0.2) is 0 Å². The topological polar surface area (TPSA) is 12.0 Å². The van der Waals surface area contributed by atoms with Crippen LogP contribution >= 0.6 is 23.4 Å². The van der Waals surface area contributed by atoms with Crippen molar-refractivity contribution in [3.05, 3.63) is 28.8 Å². The van der Waals surface area contributed by atoms with Gasteiger partial charge in [-0.15, -0.1) is 11.8 Å². The van der Waals surface area contributed by atoms with Crippen LogP contribution in [0.15, 0.2) is 23.1 Å². The molecule has 0 heterocycles. The minimum atomic E-state index is 0.206. The Hall–Kier alpha value is -0.180. The summed E-state index contributed by atoms with van der Waals surface area (Å²) in [6.07, 6.45) is 0. The fourth-order valence-corrected chi connectivity index (χ4v) is 3.03. The van der Waals surface area contributed by atoms with Crippen LogP contribution < -0.4 is 5.32 Å². The summed E-state index contributed by atoms with van der Waals surface area (Å²) in [5.41, 5.74) is 1.22. The molecule has 0 saturated heterocycles. The minimum absolute atomic E-state index is 0.206. The van der Waals surface area contributed by atoms with Crippen LogP contribution in [0.3, 0.4) is 0 Å². The summed E-state index contributed by atoms with van der Waals surface area (Å²) in [6, 6.07) is 6.16. The molecule has 0 bridgehead atoms. The number of thioether (sulfide) groups is 1. The molecule has 1 rings (SSSR count). The van der Waals surface area contributed by atoms with Gasteiger partial charge in [0.2, 0.25) is 0 Å². The second kappa shape index (κ2) is 6.83. The number of benzene rings is 1. The van der Waals surface area contributed by atoms with Gasteiger partial charge in [-0.2, -0.15) is 0 Å². The Morgan fingerprint density at radius 3 is 2.50 bits per heavy atom. The summed E-state index contributed by atoms with van der Waals surface area (Å²) in [6.45, 7) is 13.0. The maximum atomic E-state index is 6.32. The van der Waals surface area contributed by atoms with Crippen molar-refractivity contribution in [2.75, 3.05) is 6.54 Å². The Bertz CT molecular complexity index is 383. The van der Waals surface area contributed by atoms with Crippen molar-refractivity contribution >= 4 is 23.4 Å². The Balaban J connectivity index is 2.80. The summed E-state index contributed by atoms with van der Waals surface area (Å²) < 4.78 is 0.206. The molecule has 0 amide bonds. The van der Waals surface area contributed by atoms with Gasteiger partial charge in [0.15, 0.2) is 0 Å². The summed E-state index contributed by atoms with van der Waals surface area (Å²) in [5, 5.41) is 4.33. The van der Waals surface area contributed by atoms with E-state index in [1.54, 1.807) is 0 Å². The van der Waals surface area contributed by atoms with E-state index in [9.17, 15) is 0 Å². The number of hydrogen-bond donors (Lipinski definition) is 1. The molecule has 0 spiro atoms. The third-order valence-corrected chi connectivity index (χ3v) is 3.92. The monoisotopic (exact) mass is 285 g/mol. The molecule has 0 saturated carbocycles. The maximum Gasteiger partial charge on any atom is 0.0462 e. The standard InChI is InChI=1S/C15H24ClNS/c1-11(2)9-17-10-12-13(16)7-6-8-14(12)18-15(3,4)5/h6-8,11,17H,9-10H2,1-5H3. The lowest BCUT2D eigenvalue weighted by molar-refractivity contribution is 0.550. The zero-order valence-electron chi connectivity index (χ0n) is 12.0. The van der Waals surface area contributed by atoms with E-state index in [0.29, 0.717) is 5.92 Å². The van der Waals surface area contributed by atoms with Crippen LogP contribution in [0.2, 0.25) is 5.02 Å². The van der Waals surface area contributed by atoms with Crippen LogP contribution in [-0.2, 0) is 6.54 Å². The van der Waals surface area contributed by atoms with E-state index in [4.69, 9.17) is 11.6 Å². The number of hydrogen-bond acceptors (Lipinski definition) is 2. The molecule has 102 valence electrons. The average molecular weight is 286 g/mol. The van der Waals surface area contributed by atoms with E-state index in [1.807, 2.05) is 23.9 Å². The lowest BCUT2D eigenvalue weighted by atomic mass is 10.2. The van der Waals surface area contributed by atoms with Crippen molar-refractivity contribution in [3.63, 3.8) is 0 Å². The van der Waals surface area contributed by atoms with Gasteiger partial charge in [-0.1, -0.05) is 52.3 Å². The summed E-state index contributed by atoms with van der Waals surface area (Å²) >= 11 is 8.20. The molecule has 0 aliphatic rings. The smallest absolute Gasteiger partial charge is 0.0462 e. The highest BCUT2D eigenvalue weighted by Gasteiger charge is 2.16. The lowest BCUT2D eigenvalue weighted by Crippen LogP contribution is -2.20. The Morgan fingerprint density at radius 1 is 1.28 bits per heavy atom. The first-order chi connectivity index (χ1) is 8.29. The van der Waals surface area contributed by atoms with E-state index in [1.165, 1.54) is 10.5 Å². The highest BCUT2D eigenvalue weighted by atomic mass is 35.5. The van der Waals surface area contributed by atoms with Gasteiger partial charge in [0.05, 0.1) is 0 Å². The predicted molar refractivity (Wildman–Crippen MR) is 83.6 cm³/mol. The van der Waals surface area contributed by atoms with Crippen molar-refractivity contribution < 1.29 is 0 Å². The van der Waals surface area contributed by atoms with Crippen LogP contribution in [-0.4, -0.2) is 11.3 Å². The lowest BCUT2D eigenvalue weighted by Gasteiger charge is -2.21. The molecule has 0 unspecified atom stereocenters. The molecule has 0 aliphatic carbocycles. The molecule has 0 aliphatic heterocycles. The molecule has 0 atom stereocenters. The Kier molecular flexibility index (Phi) is 6.03. The van der Waals surface area contributed by atoms with Crippen LogP contribution in [0.1, 0.15) is 40.2 Å². The SMILES string of the molecule is CC(C)CNCc1c(Cl)cccc1SC(C)(C)C. The summed E-state index contributed by atoms with van der Waals surface area (Å²) in [7, 11) is 0. The summed E-state index contributed by atoms with van der Waals surface area (Å²) in [4.78, 5) is 1.28. The fourth-order valence-electron chi connectivity index (χ4n) is 1.62. The molecule has 0 fully saturated rings. The maximum absolute atomic E-state index is 6.32. The average Bonchev–Trinajstić information content (AvgIpc) is 2.19. The van der Waals surface area contributed by atoms with Crippen molar-refractivity contribution in [1.29, 1.82) is 0 Å². The minimum Gasteiger partial charge on any atom is -0.312 e. The van der Waals surface area contributed by atoms with Crippen molar-refractivity contribution in [1.82, 2.24) is 5.32 Å². The molecule has 1 nitrogen and oxygen atoms in total. The highest BCUT2D eigenvalue weighted by molar-refractivity contribution is 8.00. The molecular weight excluding hydrogens is 262 g/mol. The second-order valence-corrected chi connectivity index (χ2v) is 8.23. The van der Waals surface area contributed by atoms with Gasteiger partial charge in [0.25, 0.3) is 0 Å². The first-order valence-electron chi connectivity index (χ1n) is 6.46. The van der Waals surface area contributed by atoms with Gasteiger partial charge in [0, 0.05) is 21.2 Å². The number of rotatable bonds is 5. The normalized spacial score (nSPS) is 12.2. The Labute approximate surface area is 121 Å². The molecule has 0 radical (unpaired) electrons. The summed E-state index contributed by atoms with van der Waals surface area (Å²) in [5.74, 6) is 0.659. The number of nitrogens with one attached hydrogen (secondary N) is 1. The molecule has 3 heteroatoms. The zero-order chi connectivity index (χ0) is 13.8. The van der Waals surface area contributed by atoms with Crippen LogP contribution in [0.5, 0.6) is 0 Å². The first-order valence-corrected chi connectivity index (χ1v) is 7.66. The molecule has 1 aromatic rings. The van der Waals surface area contributed by atoms with Crippen molar-refractivity contribution in [2.45, 2.75) is 50.8 Å². The van der Waals surface area contributed by atoms with E-state index in [2.05, 4.69) is 46.0 Å². The zero-order valence-corrected chi connectivity index (χ0v) is 13.6. The first kappa shape index (κ1) is 15.9. The molecule has 1 N–H and O–H groups in total. The fraction of sp³-hybridized carbons (Fsp3) is 0.600. The predicted octanol–water partition coefficient (Wildman–Crippen LogP) is 4.98. The van der Waals surface area contributed by atoms with E-state index >= 15 is 0 Å². The highest BCUT2D eigenvalue weighted by Crippen LogP contribution is 2.36. The van der Waals surface area contributed by atoms with Gasteiger partial charge >= 0.3 is 0 Å².